The summed E-state index contributed by atoms with van der Waals surface area (Å²) in [6.07, 6.45) is 2.41. The molecule has 0 aliphatic rings. The van der Waals surface area contributed by atoms with E-state index in [1.54, 1.807) is 17.7 Å². The highest BCUT2D eigenvalue weighted by molar-refractivity contribution is 7.16. The fourth-order valence-corrected chi connectivity index (χ4v) is 2.17. The third kappa shape index (κ3) is 1.81. The lowest BCUT2D eigenvalue weighted by Crippen LogP contribution is -2.00. The van der Waals surface area contributed by atoms with Gasteiger partial charge < -0.3 is 0 Å². The maximum Gasteiger partial charge on any atom is 0.126 e. The van der Waals surface area contributed by atoms with Crippen LogP contribution in [0.25, 0.3) is 10.2 Å². The maximum atomic E-state index is 5.92. The minimum absolute atomic E-state index is 0.123. The molecule has 0 aliphatic carbocycles. The molecular formula is C9H9ClN2S. The van der Waals surface area contributed by atoms with Gasteiger partial charge in [-0.15, -0.1) is 22.9 Å². The molecule has 0 spiro atoms. The van der Waals surface area contributed by atoms with Crippen molar-refractivity contribution in [1.29, 1.82) is 0 Å². The third-order valence-corrected chi connectivity index (χ3v) is 2.79. The molecule has 2 aromatic rings. The monoisotopic (exact) mass is 212 g/mol. The van der Waals surface area contributed by atoms with E-state index in [1.807, 2.05) is 12.3 Å². The number of hydrogen-bond acceptors (Lipinski definition) is 3. The highest BCUT2D eigenvalue weighted by Gasteiger charge is 2.06. The first-order valence-electron chi connectivity index (χ1n) is 4.08. The zero-order chi connectivity index (χ0) is 9.26. The van der Waals surface area contributed by atoms with E-state index in [4.69, 9.17) is 11.6 Å². The molecule has 1 atom stereocenters. The number of rotatable bonds is 2. The Morgan fingerprint density at radius 1 is 1.54 bits per heavy atom. The van der Waals surface area contributed by atoms with Crippen molar-refractivity contribution < 1.29 is 0 Å². The van der Waals surface area contributed by atoms with Crippen LogP contribution in [-0.4, -0.2) is 15.3 Å². The smallest absolute Gasteiger partial charge is 0.126 e. The van der Waals surface area contributed by atoms with E-state index in [9.17, 15) is 0 Å². The van der Waals surface area contributed by atoms with Gasteiger partial charge in [0.15, 0.2) is 0 Å². The van der Waals surface area contributed by atoms with Gasteiger partial charge in [-0.1, -0.05) is 0 Å². The van der Waals surface area contributed by atoms with E-state index in [1.165, 1.54) is 0 Å². The van der Waals surface area contributed by atoms with Crippen LogP contribution >= 0.6 is 22.9 Å². The Labute approximate surface area is 85.6 Å². The van der Waals surface area contributed by atoms with Crippen LogP contribution in [0.2, 0.25) is 0 Å². The molecular weight excluding hydrogens is 204 g/mol. The summed E-state index contributed by atoms with van der Waals surface area (Å²) >= 11 is 7.56. The molecule has 0 saturated heterocycles. The lowest BCUT2D eigenvalue weighted by atomic mass is 10.2. The van der Waals surface area contributed by atoms with Crippen LogP contribution in [0, 0.1) is 0 Å². The molecule has 0 aromatic carbocycles. The fraction of sp³-hybridized carbons (Fsp3) is 0.333. The van der Waals surface area contributed by atoms with Crippen LogP contribution < -0.4 is 0 Å². The summed E-state index contributed by atoms with van der Waals surface area (Å²) in [6, 6.07) is 2.05. The number of alkyl halides is 1. The van der Waals surface area contributed by atoms with Crippen molar-refractivity contribution in [2.45, 2.75) is 18.7 Å². The molecule has 2 rings (SSSR count). The largest absolute Gasteiger partial charge is 0.241 e. The van der Waals surface area contributed by atoms with Gasteiger partial charge in [-0.3, -0.25) is 0 Å². The standard InChI is InChI=1S/C9H9ClN2S/c1-6(10)4-8-7-2-3-13-9(7)12-5-11-8/h2-3,5-6H,4H2,1H3. The van der Waals surface area contributed by atoms with Gasteiger partial charge >= 0.3 is 0 Å². The van der Waals surface area contributed by atoms with Crippen LogP contribution in [0.15, 0.2) is 17.8 Å². The van der Waals surface area contributed by atoms with Crippen molar-refractivity contribution >= 4 is 33.2 Å². The quantitative estimate of drug-likeness (QED) is 0.716. The number of aromatic nitrogens is 2. The molecule has 0 saturated carbocycles. The first-order valence-corrected chi connectivity index (χ1v) is 5.40. The molecule has 1 unspecified atom stereocenters. The SMILES string of the molecule is CC(Cl)Cc1ncnc2sccc12. The van der Waals surface area contributed by atoms with Gasteiger partial charge in [-0.05, 0) is 18.4 Å². The van der Waals surface area contributed by atoms with E-state index >= 15 is 0 Å². The van der Waals surface area contributed by atoms with Gasteiger partial charge in [0.25, 0.3) is 0 Å². The number of fused-ring (bicyclic) bond motifs is 1. The van der Waals surface area contributed by atoms with E-state index < -0.39 is 0 Å². The summed E-state index contributed by atoms with van der Waals surface area (Å²) in [6.45, 7) is 1.97. The molecule has 2 nitrogen and oxygen atoms in total. The number of nitrogens with zero attached hydrogens (tertiary/aromatic N) is 2. The van der Waals surface area contributed by atoms with Gasteiger partial charge in [-0.2, -0.15) is 0 Å². The molecule has 68 valence electrons. The number of hydrogen-bond donors (Lipinski definition) is 0. The zero-order valence-corrected chi connectivity index (χ0v) is 8.77. The summed E-state index contributed by atoms with van der Waals surface area (Å²) in [7, 11) is 0. The second kappa shape index (κ2) is 3.60. The molecule has 4 heteroatoms. The zero-order valence-electron chi connectivity index (χ0n) is 7.20. The molecule has 2 aromatic heterocycles. The second-order valence-corrected chi connectivity index (χ2v) is 4.58. The Morgan fingerprint density at radius 2 is 2.38 bits per heavy atom. The summed E-state index contributed by atoms with van der Waals surface area (Å²) in [4.78, 5) is 9.45. The average molecular weight is 213 g/mol. The Morgan fingerprint density at radius 3 is 3.15 bits per heavy atom. The molecule has 0 amide bonds. The number of thiophene rings is 1. The maximum absolute atomic E-state index is 5.92. The molecule has 0 radical (unpaired) electrons. The first-order chi connectivity index (χ1) is 6.27. The van der Waals surface area contributed by atoms with Crippen molar-refractivity contribution in [2.75, 3.05) is 0 Å². The van der Waals surface area contributed by atoms with Crippen molar-refractivity contribution in [3.8, 4) is 0 Å². The lowest BCUT2D eigenvalue weighted by Gasteiger charge is -2.02. The van der Waals surface area contributed by atoms with Crippen molar-refractivity contribution in [3.05, 3.63) is 23.5 Å². The summed E-state index contributed by atoms with van der Waals surface area (Å²) in [5.74, 6) is 0. The predicted molar refractivity (Wildman–Crippen MR) is 56.4 cm³/mol. The van der Waals surface area contributed by atoms with Crippen molar-refractivity contribution in [3.63, 3.8) is 0 Å². The molecule has 13 heavy (non-hydrogen) atoms. The molecule has 0 fully saturated rings. The topological polar surface area (TPSA) is 25.8 Å². The fourth-order valence-electron chi connectivity index (χ4n) is 1.27. The van der Waals surface area contributed by atoms with Crippen LogP contribution in [-0.2, 0) is 6.42 Å². The minimum atomic E-state index is 0.123. The Kier molecular flexibility index (Phi) is 2.47. The summed E-state index contributed by atoms with van der Waals surface area (Å²) in [5.41, 5.74) is 1.05. The van der Waals surface area contributed by atoms with E-state index in [0.717, 1.165) is 22.3 Å². The van der Waals surface area contributed by atoms with Crippen LogP contribution in [0.3, 0.4) is 0 Å². The normalized spacial score (nSPS) is 13.4. The Bertz CT molecular complexity index is 411. The lowest BCUT2D eigenvalue weighted by molar-refractivity contribution is 0.896. The summed E-state index contributed by atoms with van der Waals surface area (Å²) < 4.78 is 0. The molecule has 2 heterocycles. The van der Waals surface area contributed by atoms with Gasteiger partial charge in [-0.25, -0.2) is 9.97 Å². The van der Waals surface area contributed by atoms with Gasteiger partial charge in [0.1, 0.15) is 11.2 Å². The van der Waals surface area contributed by atoms with E-state index in [0.29, 0.717) is 0 Å². The van der Waals surface area contributed by atoms with Gasteiger partial charge in [0.05, 0.1) is 5.69 Å². The average Bonchev–Trinajstić information content (AvgIpc) is 2.51. The summed E-state index contributed by atoms with van der Waals surface area (Å²) in [5, 5.41) is 3.29. The van der Waals surface area contributed by atoms with Gasteiger partial charge in [0.2, 0.25) is 0 Å². The number of halogens is 1. The van der Waals surface area contributed by atoms with E-state index in [-0.39, 0.29) is 5.38 Å². The highest BCUT2D eigenvalue weighted by atomic mass is 35.5. The second-order valence-electron chi connectivity index (χ2n) is 2.94. The Balaban J connectivity index is 2.48. The van der Waals surface area contributed by atoms with Crippen LogP contribution in [0.5, 0.6) is 0 Å². The van der Waals surface area contributed by atoms with Crippen molar-refractivity contribution in [2.24, 2.45) is 0 Å². The molecule has 0 bridgehead atoms. The highest BCUT2D eigenvalue weighted by Crippen LogP contribution is 2.21. The third-order valence-electron chi connectivity index (χ3n) is 1.82. The van der Waals surface area contributed by atoms with Crippen LogP contribution in [0.1, 0.15) is 12.6 Å². The molecule has 0 aliphatic heterocycles. The predicted octanol–water partition coefficient (Wildman–Crippen LogP) is 2.86. The van der Waals surface area contributed by atoms with Crippen LogP contribution in [0.4, 0.5) is 0 Å². The van der Waals surface area contributed by atoms with Gasteiger partial charge in [0, 0.05) is 17.2 Å². The molecule has 0 N–H and O–H groups in total. The van der Waals surface area contributed by atoms with Crippen molar-refractivity contribution in [1.82, 2.24) is 9.97 Å². The minimum Gasteiger partial charge on any atom is -0.241 e. The van der Waals surface area contributed by atoms with E-state index in [2.05, 4.69) is 16.0 Å². The first kappa shape index (κ1) is 8.91. The Hall–Kier alpha value is -0.670.